The molecule has 0 fully saturated rings. The lowest BCUT2D eigenvalue weighted by Gasteiger charge is -2.16. The number of rotatable bonds is 6. The van der Waals surface area contributed by atoms with E-state index in [1.165, 1.54) is 10.7 Å². The van der Waals surface area contributed by atoms with Crippen molar-refractivity contribution in [1.82, 2.24) is 20.1 Å². The van der Waals surface area contributed by atoms with Crippen molar-refractivity contribution in [3.8, 4) is 11.4 Å². The zero-order valence-electron chi connectivity index (χ0n) is 16.8. The Labute approximate surface area is 173 Å². The second-order valence-corrected chi connectivity index (χ2v) is 7.26. The minimum absolute atomic E-state index is 0.170. The smallest absolute Gasteiger partial charge is 0.338 e. The van der Waals surface area contributed by atoms with Crippen molar-refractivity contribution in [2.24, 2.45) is 7.05 Å². The van der Waals surface area contributed by atoms with Gasteiger partial charge in [0.1, 0.15) is 12.3 Å². The van der Waals surface area contributed by atoms with Crippen molar-refractivity contribution < 1.29 is 14.6 Å². The van der Waals surface area contributed by atoms with Crippen molar-refractivity contribution in [3.05, 3.63) is 80.8 Å². The summed E-state index contributed by atoms with van der Waals surface area (Å²) in [6.07, 6.45) is 1.04. The first-order valence-electron chi connectivity index (χ1n) is 9.62. The van der Waals surface area contributed by atoms with Gasteiger partial charge in [0.25, 0.3) is 5.56 Å². The highest BCUT2D eigenvalue weighted by atomic mass is 16.5. The molecule has 4 rings (SSSR count). The van der Waals surface area contributed by atoms with Crippen LogP contribution in [0.2, 0.25) is 0 Å². The zero-order chi connectivity index (χ0) is 21.3. The van der Waals surface area contributed by atoms with E-state index >= 15 is 0 Å². The van der Waals surface area contributed by atoms with Crippen molar-refractivity contribution in [3.63, 3.8) is 0 Å². The number of aromatic nitrogens is 3. The summed E-state index contributed by atoms with van der Waals surface area (Å²) in [6.45, 7) is 3.06. The fourth-order valence-electron chi connectivity index (χ4n) is 3.51. The van der Waals surface area contributed by atoms with Gasteiger partial charge in [0.15, 0.2) is 0 Å². The summed E-state index contributed by atoms with van der Waals surface area (Å²) in [7, 11) is 1.60. The number of hydrogen-bond acceptors (Lipinski definition) is 7. The number of aryl methyl sites for hydroxylation is 1. The Kier molecular flexibility index (Phi) is 5.43. The highest BCUT2D eigenvalue weighted by Gasteiger charge is 2.25. The summed E-state index contributed by atoms with van der Waals surface area (Å²) in [5, 5.41) is 18.0. The topological polar surface area (TPSA) is 106 Å². The predicted octanol–water partition coefficient (Wildman–Crippen LogP) is 1.64. The number of pyridine rings is 1. The number of hydrogen-bond donors (Lipinski definition) is 2. The van der Waals surface area contributed by atoms with Gasteiger partial charge in [0.2, 0.25) is 0 Å². The zero-order valence-corrected chi connectivity index (χ0v) is 16.8. The molecule has 3 aromatic rings. The molecular formula is C22H22N4O4. The van der Waals surface area contributed by atoms with E-state index < -0.39 is 6.10 Å². The third-order valence-corrected chi connectivity index (χ3v) is 5.28. The van der Waals surface area contributed by atoms with Crippen LogP contribution < -0.4 is 10.9 Å². The van der Waals surface area contributed by atoms with Crippen molar-refractivity contribution in [1.29, 1.82) is 0 Å². The number of aliphatic hydroxyl groups is 1. The van der Waals surface area contributed by atoms with E-state index in [4.69, 9.17) is 4.74 Å². The molecule has 0 bridgehead atoms. The average Bonchev–Trinajstić information content (AvgIpc) is 3.12. The molecule has 8 heteroatoms. The van der Waals surface area contributed by atoms with Gasteiger partial charge in [-0.3, -0.25) is 9.78 Å². The Bertz CT molecular complexity index is 1150. The summed E-state index contributed by atoms with van der Waals surface area (Å²) in [6, 6.07) is 10.4. The summed E-state index contributed by atoms with van der Waals surface area (Å²) in [4.78, 5) is 27.5. The van der Waals surface area contributed by atoms with Crippen LogP contribution >= 0.6 is 0 Å². The van der Waals surface area contributed by atoms with E-state index in [1.54, 1.807) is 31.4 Å². The third-order valence-electron chi connectivity index (χ3n) is 5.28. The minimum Gasteiger partial charge on any atom is -0.457 e. The summed E-state index contributed by atoms with van der Waals surface area (Å²) in [5.41, 5.74) is 5.20. The minimum atomic E-state index is -0.701. The molecule has 154 valence electrons. The molecule has 0 spiro atoms. The van der Waals surface area contributed by atoms with Gasteiger partial charge in [-0.25, -0.2) is 9.48 Å². The molecule has 8 nitrogen and oxygen atoms in total. The van der Waals surface area contributed by atoms with Crippen molar-refractivity contribution in [2.45, 2.75) is 26.2 Å². The van der Waals surface area contributed by atoms with Crippen LogP contribution in [0.3, 0.4) is 0 Å². The molecule has 1 aliphatic rings. The number of nitrogens with zero attached hydrogens (tertiary/aromatic N) is 3. The SMILES string of the molecule is Cc1c([C@@H](O)CNCc2ccc(-c3ccc(=O)n(C)n3)nc2)ccc2c1COC2=O. The average molecular weight is 406 g/mol. The van der Waals surface area contributed by atoms with Crippen LogP contribution in [0, 0.1) is 6.92 Å². The van der Waals surface area contributed by atoms with Gasteiger partial charge < -0.3 is 15.2 Å². The van der Waals surface area contributed by atoms with Crippen LogP contribution in [0.4, 0.5) is 0 Å². The molecule has 1 aliphatic heterocycles. The number of benzene rings is 1. The Morgan fingerprint density at radius 3 is 2.70 bits per heavy atom. The molecular weight excluding hydrogens is 384 g/mol. The molecule has 0 unspecified atom stereocenters. The van der Waals surface area contributed by atoms with E-state index in [0.29, 0.717) is 30.0 Å². The molecule has 0 amide bonds. The maximum absolute atomic E-state index is 11.7. The van der Waals surface area contributed by atoms with Gasteiger partial charge >= 0.3 is 5.97 Å². The number of cyclic esters (lactones) is 1. The third kappa shape index (κ3) is 3.87. The highest BCUT2D eigenvalue weighted by Crippen LogP contribution is 2.28. The monoisotopic (exact) mass is 406 g/mol. The lowest BCUT2D eigenvalue weighted by atomic mass is 9.95. The first kappa shape index (κ1) is 19.9. The predicted molar refractivity (Wildman–Crippen MR) is 110 cm³/mol. The summed E-state index contributed by atoms with van der Waals surface area (Å²) in [5.74, 6) is -0.309. The largest absolute Gasteiger partial charge is 0.457 e. The van der Waals surface area contributed by atoms with Gasteiger partial charge in [-0.2, -0.15) is 5.10 Å². The first-order valence-corrected chi connectivity index (χ1v) is 9.62. The van der Waals surface area contributed by atoms with E-state index in [9.17, 15) is 14.7 Å². The summed E-state index contributed by atoms with van der Waals surface area (Å²) >= 11 is 0. The Balaban J connectivity index is 1.37. The number of nitrogens with one attached hydrogen (secondary N) is 1. The van der Waals surface area contributed by atoms with Gasteiger partial charge in [0.05, 0.1) is 17.4 Å². The quantitative estimate of drug-likeness (QED) is 0.600. The molecule has 2 N–H and O–H groups in total. The van der Waals surface area contributed by atoms with Crippen LogP contribution in [-0.4, -0.2) is 32.4 Å². The molecule has 30 heavy (non-hydrogen) atoms. The normalized spacial score (nSPS) is 13.8. The fraction of sp³-hybridized carbons (Fsp3) is 0.273. The maximum atomic E-state index is 11.7. The standard InChI is InChI=1S/C22H22N4O4/c1-13-15(4-5-16-17(13)12-30-22(16)29)20(27)11-23-9-14-3-6-18(24-10-14)19-7-8-21(28)26(2)25-19/h3-8,10,20,23,27H,9,11-12H2,1-2H3/t20-/m0/s1. The Morgan fingerprint density at radius 1 is 1.17 bits per heavy atom. The van der Waals surface area contributed by atoms with E-state index in [1.807, 2.05) is 19.1 Å². The number of carbonyl (C=O) groups is 1. The van der Waals surface area contributed by atoms with E-state index in [-0.39, 0.29) is 18.1 Å². The number of carbonyl (C=O) groups excluding carboxylic acids is 1. The first-order chi connectivity index (χ1) is 14.4. The van der Waals surface area contributed by atoms with Gasteiger partial charge in [-0.15, -0.1) is 0 Å². The second-order valence-electron chi connectivity index (χ2n) is 7.26. The molecule has 3 heterocycles. The van der Waals surface area contributed by atoms with Crippen LogP contribution in [0.5, 0.6) is 0 Å². The molecule has 0 saturated heterocycles. The molecule has 1 aromatic carbocycles. The van der Waals surface area contributed by atoms with Crippen LogP contribution in [0.1, 0.15) is 38.7 Å². The molecule has 0 radical (unpaired) electrons. The second kappa shape index (κ2) is 8.17. The van der Waals surface area contributed by atoms with Gasteiger partial charge in [-0.05, 0) is 41.8 Å². The maximum Gasteiger partial charge on any atom is 0.338 e. The van der Waals surface area contributed by atoms with E-state index in [2.05, 4.69) is 15.4 Å². The number of esters is 1. The fourth-order valence-corrected chi connectivity index (χ4v) is 3.51. The molecule has 0 aliphatic carbocycles. The summed E-state index contributed by atoms with van der Waals surface area (Å²) < 4.78 is 6.34. The Morgan fingerprint density at radius 2 is 1.97 bits per heavy atom. The lowest BCUT2D eigenvalue weighted by Crippen LogP contribution is -2.22. The van der Waals surface area contributed by atoms with Gasteiger partial charge in [0, 0.05) is 38.0 Å². The Hall–Kier alpha value is -3.36. The number of aliphatic hydroxyl groups excluding tert-OH is 1. The molecule has 0 saturated carbocycles. The van der Waals surface area contributed by atoms with Crippen LogP contribution in [-0.2, 0) is 24.9 Å². The van der Waals surface area contributed by atoms with Crippen molar-refractivity contribution >= 4 is 5.97 Å². The molecule has 2 aromatic heterocycles. The molecule has 1 atom stereocenters. The van der Waals surface area contributed by atoms with Crippen LogP contribution in [0.15, 0.2) is 47.4 Å². The highest BCUT2D eigenvalue weighted by molar-refractivity contribution is 5.93. The van der Waals surface area contributed by atoms with Crippen LogP contribution in [0.25, 0.3) is 11.4 Å². The number of ether oxygens (including phenoxy) is 1. The van der Waals surface area contributed by atoms with Gasteiger partial charge in [-0.1, -0.05) is 12.1 Å². The lowest BCUT2D eigenvalue weighted by molar-refractivity contribution is 0.0535. The number of fused-ring (bicyclic) bond motifs is 1. The van der Waals surface area contributed by atoms with Crippen molar-refractivity contribution in [2.75, 3.05) is 6.54 Å². The van der Waals surface area contributed by atoms with E-state index in [0.717, 1.165) is 22.3 Å².